The van der Waals surface area contributed by atoms with Crippen LogP contribution in [0.1, 0.15) is 32.3 Å². The van der Waals surface area contributed by atoms with Gasteiger partial charge in [-0.25, -0.2) is 4.98 Å². The zero-order chi connectivity index (χ0) is 14.2. The molecule has 0 amide bonds. The lowest BCUT2D eigenvalue weighted by Crippen LogP contribution is -2.49. The molecular formula is C15H22BrN3O. The molecule has 0 spiro atoms. The van der Waals surface area contributed by atoms with Crippen LogP contribution in [0.3, 0.4) is 0 Å². The fourth-order valence-electron chi connectivity index (χ4n) is 2.63. The number of halogens is 1. The summed E-state index contributed by atoms with van der Waals surface area (Å²) in [5, 5.41) is 3.58. The Morgan fingerprint density at radius 2 is 2.30 bits per heavy atom. The van der Waals surface area contributed by atoms with E-state index in [0.29, 0.717) is 6.04 Å². The van der Waals surface area contributed by atoms with Gasteiger partial charge in [-0.2, -0.15) is 0 Å². The summed E-state index contributed by atoms with van der Waals surface area (Å²) in [7, 11) is 0. The molecule has 110 valence electrons. The van der Waals surface area contributed by atoms with E-state index in [2.05, 4.69) is 51.0 Å². The zero-order valence-corrected chi connectivity index (χ0v) is 13.7. The predicted molar refractivity (Wildman–Crippen MR) is 84.0 cm³/mol. The van der Waals surface area contributed by atoms with Crippen molar-refractivity contribution in [2.45, 2.75) is 44.9 Å². The van der Waals surface area contributed by atoms with Crippen molar-refractivity contribution in [3.63, 3.8) is 0 Å². The molecule has 0 atom stereocenters. The second-order valence-corrected chi connectivity index (χ2v) is 7.24. The number of ether oxygens (including phenoxy) is 1. The molecule has 0 aromatic carbocycles. The smallest absolute Gasteiger partial charge is 0.133 e. The Morgan fingerprint density at radius 3 is 3.00 bits per heavy atom. The van der Waals surface area contributed by atoms with Gasteiger partial charge in [0, 0.05) is 41.9 Å². The highest BCUT2D eigenvalue weighted by atomic mass is 79.9. The quantitative estimate of drug-likeness (QED) is 0.915. The lowest BCUT2D eigenvalue weighted by Gasteiger charge is -2.39. The van der Waals surface area contributed by atoms with Crippen molar-refractivity contribution in [3.05, 3.63) is 22.3 Å². The van der Waals surface area contributed by atoms with Crippen LogP contribution in [0.2, 0.25) is 0 Å². The zero-order valence-electron chi connectivity index (χ0n) is 12.2. The Balaban J connectivity index is 1.79. The van der Waals surface area contributed by atoms with Gasteiger partial charge in [-0.1, -0.05) is 0 Å². The third-order valence-corrected chi connectivity index (χ3v) is 4.23. The van der Waals surface area contributed by atoms with Gasteiger partial charge < -0.3 is 15.0 Å². The van der Waals surface area contributed by atoms with Crippen molar-refractivity contribution in [2.75, 3.05) is 24.6 Å². The van der Waals surface area contributed by atoms with Crippen LogP contribution in [0.4, 0.5) is 5.82 Å². The number of aromatic nitrogens is 1. The number of nitrogens with zero attached hydrogens (tertiary/aromatic N) is 2. The summed E-state index contributed by atoms with van der Waals surface area (Å²) in [5.74, 6) is 1.10. The summed E-state index contributed by atoms with van der Waals surface area (Å²) in [6.45, 7) is 7.73. The van der Waals surface area contributed by atoms with Gasteiger partial charge in [-0.05, 0) is 48.7 Å². The second-order valence-electron chi connectivity index (χ2n) is 6.32. The number of anilines is 1. The summed E-state index contributed by atoms with van der Waals surface area (Å²) in [5.41, 5.74) is 1.16. The third kappa shape index (κ3) is 3.51. The fraction of sp³-hybridized carbons (Fsp3) is 0.667. The number of hydrogen-bond donors (Lipinski definition) is 1. The Kier molecular flexibility index (Phi) is 4.02. The molecule has 3 rings (SSSR count). The van der Waals surface area contributed by atoms with Crippen molar-refractivity contribution >= 4 is 21.7 Å². The largest absolute Gasteiger partial charge is 0.372 e. The molecule has 0 radical (unpaired) electrons. The molecular weight excluding hydrogens is 318 g/mol. The first kappa shape index (κ1) is 14.3. The number of morpholine rings is 1. The Hall–Kier alpha value is -0.650. The van der Waals surface area contributed by atoms with Crippen molar-refractivity contribution in [3.8, 4) is 0 Å². The topological polar surface area (TPSA) is 37.4 Å². The highest BCUT2D eigenvalue weighted by Gasteiger charge is 2.29. The Morgan fingerprint density at radius 1 is 1.50 bits per heavy atom. The summed E-state index contributed by atoms with van der Waals surface area (Å²) in [6.07, 6.45) is 4.50. The lowest BCUT2D eigenvalue weighted by molar-refractivity contribution is -0.0279. The highest BCUT2D eigenvalue weighted by molar-refractivity contribution is 9.10. The average molecular weight is 340 g/mol. The van der Waals surface area contributed by atoms with Gasteiger partial charge in [0.05, 0.1) is 12.2 Å². The molecule has 1 aromatic heterocycles. The average Bonchev–Trinajstić information content (AvgIpc) is 3.19. The minimum atomic E-state index is -0.103. The van der Waals surface area contributed by atoms with Crippen LogP contribution in [0.5, 0.6) is 0 Å². The first-order valence-corrected chi connectivity index (χ1v) is 8.09. The molecule has 5 heteroatoms. The fourth-order valence-corrected chi connectivity index (χ4v) is 3.01. The summed E-state index contributed by atoms with van der Waals surface area (Å²) >= 11 is 3.53. The molecule has 4 nitrogen and oxygen atoms in total. The lowest BCUT2D eigenvalue weighted by atomic mass is 10.1. The number of pyridine rings is 1. The van der Waals surface area contributed by atoms with E-state index >= 15 is 0 Å². The van der Waals surface area contributed by atoms with Gasteiger partial charge in [0.2, 0.25) is 0 Å². The van der Waals surface area contributed by atoms with Crippen LogP contribution in [0.15, 0.2) is 16.7 Å². The maximum atomic E-state index is 5.79. The highest BCUT2D eigenvalue weighted by Crippen LogP contribution is 2.27. The molecule has 2 fully saturated rings. The van der Waals surface area contributed by atoms with Gasteiger partial charge in [-0.15, -0.1) is 0 Å². The SMILES string of the molecule is CC1(C)CN(c2ncc(Br)cc2CNC2CC2)CCO1. The molecule has 0 bridgehead atoms. The first-order chi connectivity index (χ1) is 9.53. The van der Waals surface area contributed by atoms with E-state index < -0.39 is 0 Å². The van der Waals surface area contributed by atoms with Crippen molar-refractivity contribution in [2.24, 2.45) is 0 Å². The normalized spacial score (nSPS) is 22.1. The van der Waals surface area contributed by atoms with Crippen molar-refractivity contribution in [1.82, 2.24) is 10.3 Å². The number of rotatable bonds is 4. The van der Waals surface area contributed by atoms with E-state index in [9.17, 15) is 0 Å². The van der Waals surface area contributed by atoms with Crippen molar-refractivity contribution in [1.29, 1.82) is 0 Å². The Bertz CT molecular complexity index is 488. The molecule has 1 aliphatic heterocycles. The molecule has 1 aromatic rings. The molecule has 1 N–H and O–H groups in total. The monoisotopic (exact) mass is 339 g/mol. The van der Waals surface area contributed by atoms with Crippen LogP contribution in [0.25, 0.3) is 0 Å². The molecule has 0 unspecified atom stereocenters. The van der Waals surface area contributed by atoms with E-state index in [1.54, 1.807) is 0 Å². The van der Waals surface area contributed by atoms with Gasteiger partial charge in [0.1, 0.15) is 5.82 Å². The molecule has 2 aliphatic rings. The second kappa shape index (κ2) is 5.62. The van der Waals surface area contributed by atoms with Crippen molar-refractivity contribution < 1.29 is 4.74 Å². The summed E-state index contributed by atoms with van der Waals surface area (Å²) in [6, 6.07) is 2.89. The van der Waals surface area contributed by atoms with Gasteiger partial charge in [-0.3, -0.25) is 0 Å². The molecule has 1 saturated heterocycles. The van der Waals surface area contributed by atoms with E-state index in [0.717, 1.165) is 36.5 Å². The van der Waals surface area contributed by atoms with Crippen LogP contribution < -0.4 is 10.2 Å². The maximum absolute atomic E-state index is 5.79. The van der Waals surface area contributed by atoms with Crippen LogP contribution in [-0.2, 0) is 11.3 Å². The molecule has 1 saturated carbocycles. The van der Waals surface area contributed by atoms with Crippen LogP contribution in [-0.4, -0.2) is 36.3 Å². The standard InChI is InChI=1S/C15H22BrN3O/c1-15(2)10-19(5-6-20-15)14-11(7-12(16)9-18-14)8-17-13-3-4-13/h7,9,13,17H,3-6,8,10H2,1-2H3. The summed E-state index contributed by atoms with van der Waals surface area (Å²) in [4.78, 5) is 7.00. The van der Waals surface area contributed by atoms with Gasteiger partial charge in [0.25, 0.3) is 0 Å². The van der Waals surface area contributed by atoms with Crippen LogP contribution in [0, 0.1) is 0 Å². The molecule has 20 heavy (non-hydrogen) atoms. The minimum Gasteiger partial charge on any atom is -0.372 e. The third-order valence-electron chi connectivity index (χ3n) is 3.79. The molecule has 1 aliphatic carbocycles. The molecule has 2 heterocycles. The predicted octanol–water partition coefficient (Wildman–Crippen LogP) is 2.71. The van der Waals surface area contributed by atoms with E-state index in [4.69, 9.17) is 4.74 Å². The van der Waals surface area contributed by atoms with Gasteiger partial charge in [0.15, 0.2) is 0 Å². The Labute approximate surface area is 129 Å². The maximum Gasteiger partial charge on any atom is 0.133 e. The number of hydrogen-bond acceptors (Lipinski definition) is 4. The van der Waals surface area contributed by atoms with E-state index in [1.807, 2.05) is 6.20 Å². The minimum absolute atomic E-state index is 0.103. The van der Waals surface area contributed by atoms with Gasteiger partial charge >= 0.3 is 0 Å². The van der Waals surface area contributed by atoms with E-state index in [1.165, 1.54) is 18.4 Å². The first-order valence-electron chi connectivity index (χ1n) is 7.30. The number of nitrogens with one attached hydrogen (secondary N) is 1. The van der Waals surface area contributed by atoms with E-state index in [-0.39, 0.29) is 5.60 Å². The summed E-state index contributed by atoms with van der Waals surface area (Å²) < 4.78 is 6.84. The van der Waals surface area contributed by atoms with Crippen LogP contribution >= 0.6 is 15.9 Å².